The van der Waals surface area contributed by atoms with Crippen molar-refractivity contribution >= 4 is 0 Å². The van der Waals surface area contributed by atoms with Crippen LogP contribution in [0.15, 0.2) is 48.6 Å². The number of allylic oxidation sites excluding steroid dienone is 7. The predicted molar refractivity (Wildman–Crippen MR) is 78.7 cm³/mol. The van der Waals surface area contributed by atoms with Gasteiger partial charge in [0.05, 0.1) is 6.10 Å². The molecule has 0 bridgehead atoms. The molecule has 94 valence electrons. The summed E-state index contributed by atoms with van der Waals surface area (Å²) in [6.45, 7) is 3.96. The van der Waals surface area contributed by atoms with E-state index in [0.29, 0.717) is 0 Å². The first kappa shape index (κ1) is 16.0. The fraction of sp³-hybridized carbons (Fsp3) is 0.294. The smallest absolute Gasteiger partial charge is 0.0723 e. The van der Waals surface area contributed by atoms with Gasteiger partial charge in [0.2, 0.25) is 0 Å². The second-order valence-corrected chi connectivity index (χ2v) is 3.52. The van der Waals surface area contributed by atoms with Gasteiger partial charge in [-0.3, -0.25) is 0 Å². The molecule has 0 unspecified atom stereocenters. The molecule has 0 rings (SSSR count). The Labute approximate surface area is 111 Å². The maximum absolute atomic E-state index is 9.41. The standard InChI is InChI=1S/C17H20O/c1-3-5-6-7-8-9-10-11-12-13-14-16-17(18)15-4-2/h3,5,10-14,16-18H,4,15H2,1-2H3/b5-3+,11-10-,13-12+,16-14+/t17-/m1/s1. The van der Waals surface area contributed by atoms with Gasteiger partial charge in [-0.15, -0.1) is 0 Å². The van der Waals surface area contributed by atoms with E-state index in [2.05, 4.69) is 23.7 Å². The predicted octanol–water partition coefficient (Wildman–Crippen LogP) is 3.40. The molecule has 0 aliphatic carbocycles. The normalized spacial score (nSPS) is 12.8. The summed E-state index contributed by atoms with van der Waals surface area (Å²) in [5, 5.41) is 9.41. The first-order valence-corrected chi connectivity index (χ1v) is 6.11. The Kier molecular flexibility index (Phi) is 11.7. The van der Waals surface area contributed by atoms with Gasteiger partial charge in [-0.1, -0.05) is 61.6 Å². The highest BCUT2D eigenvalue weighted by Gasteiger charge is 1.92. The van der Waals surface area contributed by atoms with Gasteiger partial charge in [0, 0.05) is 0 Å². The van der Waals surface area contributed by atoms with Crippen molar-refractivity contribution < 1.29 is 5.11 Å². The van der Waals surface area contributed by atoms with E-state index in [0.717, 1.165) is 12.8 Å². The molecule has 0 aromatic carbocycles. The summed E-state index contributed by atoms with van der Waals surface area (Å²) >= 11 is 0. The summed E-state index contributed by atoms with van der Waals surface area (Å²) in [6, 6.07) is 0. The third-order valence-corrected chi connectivity index (χ3v) is 1.89. The molecule has 0 saturated heterocycles. The monoisotopic (exact) mass is 240 g/mol. The quantitative estimate of drug-likeness (QED) is 0.577. The highest BCUT2D eigenvalue weighted by molar-refractivity contribution is 5.34. The highest BCUT2D eigenvalue weighted by Crippen LogP contribution is 1.97. The van der Waals surface area contributed by atoms with Gasteiger partial charge in [-0.2, -0.15) is 0 Å². The molecule has 0 spiro atoms. The van der Waals surface area contributed by atoms with Crippen LogP contribution in [-0.4, -0.2) is 11.2 Å². The van der Waals surface area contributed by atoms with Gasteiger partial charge in [0.1, 0.15) is 0 Å². The van der Waals surface area contributed by atoms with Crippen LogP contribution in [0.4, 0.5) is 0 Å². The molecule has 0 aliphatic rings. The molecular weight excluding hydrogens is 220 g/mol. The first-order chi connectivity index (χ1) is 8.81. The Balaban J connectivity index is 3.92. The maximum atomic E-state index is 9.41. The van der Waals surface area contributed by atoms with E-state index in [1.807, 2.05) is 44.2 Å². The molecule has 0 fully saturated rings. The number of aliphatic hydroxyl groups excluding tert-OH is 1. The average Bonchev–Trinajstić information content (AvgIpc) is 2.36. The minimum Gasteiger partial charge on any atom is -0.389 e. The summed E-state index contributed by atoms with van der Waals surface area (Å²) in [7, 11) is 0. The topological polar surface area (TPSA) is 20.2 Å². The van der Waals surface area contributed by atoms with Crippen LogP contribution in [0.3, 0.4) is 0 Å². The van der Waals surface area contributed by atoms with E-state index in [9.17, 15) is 5.11 Å². The van der Waals surface area contributed by atoms with Gasteiger partial charge in [-0.05, 0) is 37.3 Å². The van der Waals surface area contributed by atoms with Crippen LogP contribution in [0, 0.1) is 23.7 Å². The van der Waals surface area contributed by atoms with Gasteiger partial charge in [0.15, 0.2) is 0 Å². The molecule has 0 amide bonds. The van der Waals surface area contributed by atoms with Crippen molar-refractivity contribution in [1.82, 2.24) is 0 Å². The molecule has 1 N–H and O–H groups in total. The third kappa shape index (κ3) is 12.1. The summed E-state index contributed by atoms with van der Waals surface area (Å²) in [5.41, 5.74) is 0. The third-order valence-electron chi connectivity index (χ3n) is 1.89. The van der Waals surface area contributed by atoms with Gasteiger partial charge in [0.25, 0.3) is 0 Å². The number of rotatable bonds is 5. The first-order valence-electron chi connectivity index (χ1n) is 6.11. The molecule has 1 nitrogen and oxygen atoms in total. The molecule has 0 aliphatic heterocycles. The van der Waals surface area contributed by atoms with Crippen molar-refractivity contribution in [2.75, 3.05) is 0 Å². The Morgan fingerprint density at radius 1 is 1.00 bits per heavy atom. The minimum absolute atomic E-state index is 0.342. The lowest BCUT2D eigenvalue weighted by molar-refractivity contribution is 0.211. The zero-order valence-electron chi connectivity index (χ0n) is 11.1. The van der Waals surface area contributed by atoms with Crippen LogP contribution in [0.25, 0.3) is 0 Å². The van der Waals surface area contributed by atoms with E-state index >= 15 is 0 Å². The van der Waals surface area contributed by atoms with Crippen LogP contribution in [0.1, 0.15) is 26.7 Å². The van der Waals surface area contributed by atoms with E-state index in [-0.39, 0.29) is 6.10 Å². The Morgan fingerprint density at radius 2 is 1.67 bits per heavy atom. The van der Waals surface area contributed by atoms with Crippen molar-refractivity contribution in [3.63, 3.8) is 0 Å². The average molecular weight is 240 g/mol. The van der Waals surface area contributed by atoms with Crippen LogP contribution in [0.5, 0.6) is 0 Å². The largest absolute Gasteiger partial charge is 0.389 e. The van der Waals surface area contributed by atoms with E-state index in [4.69, 9.17) is 0 Å². The van der Waals surface area contributed by atoms with Gasteiger partial charge in [-0.25, -0.2) is 0 Å². The van der Waals surface area contributed by atoms with Crippen molar-refractivity contribution in [2.45, 2.75) is 32.8 Å². The molecule has 0 heterocycles. The van der Waals surface area contributed by atoms with Crippen LogP contribution < -0.4 is 0 Å². The summed E-state index contributed by atoms with van der Waals surface area (Å²) in [5.74, 6) is 11.0. The van der Waals surface area contributed by atoms with E-state index in [1.54, 1.807) is 18.2 Å². The van der Waals surface area contributed by atoms with Gasteiger partial charge >= 0.3 is 0 Å². The lowest BCUT2D eigenvalue weighted by Crippen LogP contribution is -1.99. The maximum Gasteiger partial charge on any atom is 0.0723 e. The summed E-state index contributed by atoms with van der Waals surface area (Å²) in [4.78, 5) is 0. The molecule has 0 aromatic heterocycles. The molecule has 0 saturated carbocycles. The fourth-order valence-electron chi connectivity index (χ4n) is 1.06. The van der Waals surface area contributed by atoms with E-state index in [1.165, 1.54) is 0 Å². The number of hydrogen-bond donors (Lipinski definition) is 1. The minimum atomic E-state index is -0.342. The van der Waals surface area contributed by atoms with Crippen LogP contribution in [-0.2, 0) is 0 Å². The lowest BCUT2D eigenvalue weighted by atomic mass is 10.2. The summed E-state index contributed by atoms with van der Waals surface area (Å²) in [6.07, 6.45) is 16.0. The molecule has 18 heavy (non-hydrogen) atoms. The number of aliphatic hydroxyl groups is 1. The summed E-state index contributed by atoms with van der Waals surface area (Å²) < 4.78 is 0. The van der Waals surface area contributed by atoms with Crippen molar-refractivity contribution in [2.24, 2.45) is 0 Å². The van der Waals surface area contributed by atoms with Crippen LogP contribution in [0.2, 0.25) is 0 Å². The molecule has 1 atom stereocenters. The highest BCUT2D eigenvalue weighted by atomic mass is 16.3. The molecular formula is C17H20O. The molecule has 0 radical (unpaired) electrons. The Morgan fingerprint density at radius 3 is 2.33 bits per heavy atom. The Bertz CT molecular complexity index is 428. The zero-order chi connectivity index (χ0) is 13.5. The number of hydrogen-bond acceptors (Lipinski definition) is 1. The lowest BCUT2D eigenvalue weighted by Gasteiger charge is -1.99. The SMILES string of the molecule is C/C=C/C#CC#C\C=C/C=C/C=C/[C@H](O)CCC. The Hall–Kier alpha value is -1.96. The van der Waals surface area contributed by atoms with E-state index < -0.39 is 0 Å². The van der Waals surface area contributed by atoms with Crippen molar-refractivity contribution in [1.29, 1.82) is 0 Å². The fourth-order valence-corrected chi connectivity index (χ4v) is 1.06. The molecule has 0 aromatic rings. The van der Waals surface area contributed by atoms with Crippen molar-refractivity contribution in [3.05, 3.63) is 48.6 Å². The van der Waals surface area contributed by atoms with Crippen molar-refractivity contribution in [3.8, 4) is 23.7 Å². The van der Waals surface area contributed by atoms with Crippen LogP contribution >= 0.6 is 0 Å². The second kappa shape index (κ2) is 13.1. The second-order valence-electron chi connectivity index (χ2n) is 3.52. The molecule has 1 heteroatoms. The zero-order valence-corrected chi connectivity index (χ0v) is 11.1. The van der Waals surface area contributed by atoms with Gasteiger partial charge < -0.3 is 5.11 Å².